The Balaban J connectivity index is 0.000000449. The number of ether oxygens (including phenoxy) is 1. The molecule has 1 aromatic rings. The van der Waals surface area contributed by atoms with Gasteiger partial charge in [-0.25, -0.2) is 22.5 Å². The maximum absolute atomic E-state index is 12.2. The van der Waals surface area contributed by atoms with Gasteiger partial charge in [0.05, 0.1) is 6.61 Å². The third-order valence-corrected chi connectivity index (χ3v) is 2.39. The monoisotopic (exact) mass is 354 g/mol. The summed E-state index contributed by atoms with van der Waals surface area (Å²) < 4.78 is 51.5. The van der Waals surface area contributed by atoms with Gasteiger partial charge in [0.1, 0.15) is 17.9 Å². The number of nitrogens with one attached hydrogen (secondary N) is 1. The lowest BCUT2D eigenvalue weighted by atomic mass is 10.3. The van der Waals surface area contributed by atoms with Crippen LogP contribution in [-0.2, 0) is 20.7 Å². The lowest BCUT2D eigenvalue weighted by molar-refractivity contribution is -0.148. The zero-order valence-electron chi connectivity index (χ0n) is 13.2. The molecule has 0 radical (unpaired) electrons. The SMILES string of the molecule is CCCc1nc(C(F)F)cc(=O)[nH]1.CCOC(=O)CC(=O)C(F)F. The number of esters is 1. The van der Waals surface area contributed by atoms with Gasteiger partial charge in [-0.1, -0.05) is 6.92 Å². The summed E-state index contributed by atoms with van der Waals surface area (Å²) in [6.07, 6.45) is -5.34. The molecule has 0 saturated carbocycles. The minimum atomic E-state index is -3.08. The van der Waals surface area contributed by atoms with Crippen LogP contribution in [0.4, 0.5) is 17.6 Å². The summed E-state index contributed by atoms with van der Waals surface area (Å²) in [5.74, 6) is -1.98. The van der Waals surface area contributed by atoms with Crippen molar-refractivity contribution >= 4 is 11.8 Å². The third-order valence-electron chi connectivity index (χ3n) is 2.39. The van der Waals surface area contributed by atoms with Crippen molar-refractivity contribution < 1.29 is 31.9 Å². The van der Waals surface area contributed by atoms with Crippen LogP contribution in [0.5, 0.6) is 0 Å². The molecule has 0 bridgehead atoms. The number of carbonyl (C=O) groups is 2. The first-order valence-corrected chi connectivity index (χ1v) is 7.05. The normalized spacial score (nSPS) is 10.3. The Hall–Kier alpha value is -2.26. The lowest BCUT2D eigenvalue weighted by Crippen LogP contribution is -2.16. The van der Waals surface area contributed by atoms with Crippen LogP contribution < -0.4 is 5.56 Å². The fraction of sp³-hybridized carbons (Fsp3) is 0.571. The Morgan fingerprint density at radius 3 is 2.33 bits per heavy atom. The van der Waals surface area contributed by atoms with E-state index in [0.717, 1.165) is 12.5 Å². The average Bonchev–Trinajstić information content (AvgIpc) is 2.47. The minimum Gasteiger partial charge on any atom is -0.466 e. The number of hydrogen-bond donors (Lipinski definition) is 1. The van der Waals surface area contributed by atoms with Crippen LogP contribution in [0.3, 0.4) is 0 Å². The standard InChI is InChI=1S/C8H10F2N2O.C6H8F2O3/c1-2-3-6-11-5(8(9)10)4-7(13)12-6;1-2-11-5(10)3-4(9)6(7)8/h4,8H,2-3H2,1H3,(H,11,12,13);6H,2-3H2,1H3. The van der Waals surface area contributed by atoms with Gasteiger partial charge in [0.15, 0.2) is 0 Å². The van der Waals surface area contributed by atoms with Gasteiger partial charge in [0, 0.05) is 12.5 Å². The number of ketones is 1. The summed E-state index contributed by atoms with van der Waals surface area (Å²) in [6.45, 7) is 3.51. The first-order chi connectivity index (χ1) is 11.2. The molecule has 0 unspecified atom stereocenters. The minimum absolute atomic E-state index is 0.0926. The molecule has 1 aromatic heterocycles. The molecule has 6 nitrogen and oxygen atoms in total. The first kappa shape index (κ1) is 21.7. The van der Waals surface area contributed by atoms with Crippen molar-refractivity contribution in [3.8, 4) is 0 Å². The second-order valence-corrected chi connectivity index (χ2v) is 4.42. The van der Waals surface area contributed by atoms with Crippen molar-refractivity contribution in [3.63, 3.8) is 0 Å². The maximum Gasteiger partial charge on any atom is 0.313 e. The van der Waals surface area contributed by atoms with Gasteiger partial charge in [-0.3, -0.25) is 14.4 Å². The number of alkyl halides is 4. The van der Waals surface area contributed by atoms with E-state index in [4.69, 9.17) is 0 Å². The molecule has 0 aliphatic heterocycles. The molecule has 10 heteroatoms. The van der Waals surface area contributed by atoms with Crippen LogP contribution in [0.15, 0.2) is 10.9 Å². The molecule has 0 atom stereocenters. The highest BCUT2D eigenvalue weighted by Crippen LogP contribution is 2.13. The van der Waals surface area contributed by atoms with E-state index in [2.05, 4.69) is 14.7 Å². The van der Waals surface area contributed by atoms with Crippen molar-refractivity contribution in [3.05, 3.63) is 27.9 Å². The summed E-state index contributed by atoms with van der Waals surface area (Å²) in [4.78, 5) is 37.4. The summed E-state index contributed by atoms with van der Waals surface area (Å²) in [7, 11) is 0. The van der Waals surface area contributed by atoms with Crippen LogP contribution in [0.1, 0.15) is 44.6 Å². The molecule has 136 valence electrons. The smallest absolute Gasteiger partial charge is 0.313 e. The number of hydrogen-bond acceptors (Lipinski definition) is 5. The van der Waals surface area contributed by atoms with Gasteiger partial charge < -0.3 is 9.72 Å². The van der Waals surface area contributed by atoms with Gasteiger partial charge in [-0.05, 0) is 13.3 Å². The second kappa shape index (κ2) is 11.3. The van der Waals surface area contributed by atoms with Crippen molar-refractivity contribution in [2.45, 2.75) is 46.0 Å². The second-order valence-electron chi connectivity index (χ2n) is 4.42. The zero-order valence-corrected chi connectivity index (χ0v) is 13.2. The van der Waals surface area contributed by atoms with Gasteiger partial charge in [-0.15, -0.1) is 0 Å². The molecule has 24 heavy (non-hydrogen) atoms. The van der Waals surface area contributed by atoms with Gasteiger partial charge in [0.2, 0.25) is 5.78 Å². The Labute approximate surface area is 135 Å². The Bertz CT molecular complexity index is 590. The van der Waals surface area contributed by atoms with Gasteiger partial charge in [0.25, 0.3) is 18.4 Å². The van der Waals surface area contributed by atoms with Crippen molar-refractivity contribution in [1.29, 1.82) is 0 Å². The van der Waals surface area contributed by atoms with E-state index in [9.17, 15) is 31.9 Å². The van der Waals surface area contributed by atoms with Crippen LogP contribution in [0.2, 0.25) is 0 Å². The molecule has 0 aliphatic rings. The van der Waals surface area contributed by atoms with E-state index in [-0.39, 0.29) is 6.61 Å². The first-order valence-electron chi connectivity index (χ1n) is 7.05. The third kappa shape index (κ3) is 9.01. The quantitative estimate of drug-likeness (QED) is 0.461. The van der Waals surface area contributed by atoms with E-state index in [0.29, 0.717) is 12.2 Å². The van der Waals surface area contributed by atoms with E-state index >= 15 is 0 Å². The van der Waals surface area contributed by atoms with Gasteiger partial charge >= 0.3 is 5.97 Å². The Morgan fingerprint density at radius 2 is 1.88 bits per heavy atom. The average molecular weight is 354 g/mol. The molecule has 0 aliphatic carbocycles. The van der Waals surface area contributed by atoms with E-state index in [1.54, 1.807) is 0 Å². The van der Waals surface area contributed by atoms with E-state index in [1.807, 2.05) is 6.92 Å². The number of aryl methyl sites for hydroxylation is 1. The highest BCUT2D eigenvalue weighted by Gasteiger charge is 2.19. The molecule has 0 spiro atoms. The summed E-state index contributed by atoms with van der Waals surface area (Å²) in [6, 6.07) is 0.823. The molecule has 1 rings (SSSR count). The number of Topliss-reactive ketones (excluding diaryl/α,β-unsaturated/α-hetero) is 1. The number of rotatable bonds is 7. The fourth-order valence-electron chi connectivity index (χ4n) is 1.43. The van der Waals surface area contributed by atoms with Crippen LogP contribution in [0, 0.1) is 0 Å². The molecular weight excluding hydrogens is 336 g/mol. The molecule has 1 heterocycles. The summed E-state index contributed by atoms with van der Waals surface area (Å²) in [5.41, 5.74) is -0.971. The predicted octanol–water partition coefficient (Wildman–Crippen LogP) is 2.43. The molecular formula is C14H18F4N2O4. The van der Waals surface area contributed by atoms with Crippen molar-refractivity contribution in [2.24, 2.45) is 0 Å². The Kier molecular flexibility index (Phi) is 10.2. The molecule has 0 amide bonds. The van der Waals surface area contributed by atoms with Crippen LogP contribution in [-0.4, -0.2) is 34.8 Å². The predicted molar refractivity (Wildman–Crippen MR) is 76.1 cm³/mol. The highest BCUT2D eigenvalue weighted by atomic mass is 19.3. The zero-order chi connectivity index (χ0) is 18.7. The molecule has 0 saturated heterocycles. The number of H-pyrrole nitrogens is 1. The molecule has 1 N–H and O–H groups in total. The number of carbonyl (C=O) groups excluding carboxylic acids is 2. The van der Waals surface area contributed by atoms with Crippen LogP contribution >= 0.6 is 0 Å². The summed E-state index contributed by atoms with van der Waals surface area (Å²) in [5, 5.41) is 0. The van der Waals surface area contributed by atoms with E-state index < -0.39 is 42.3 Å². The lowest BCUT2D eigenvalue weighted by Gasteiger charge is -2.01. The number of aromatic nitrogens is 2. The molecule has 0 fully saturated rings. The largest absolute Gasteiger partial charge is 0.466 e. The maximum atomic E-state index is 12.2. The Morgan fingerprint density at radius 1 is 1.25 bits per heavy atom. The van der Waals surface area contributed by atoms with Crippen molar-refractivity contribution in [2.75, 3.05) is 6.61 Å². The number of nitrogens with zero attached hydrogens (tertiary/aromatic N) is 1. The molecule has 0 aromatic carbocycles. The highest BCUT2D eigenvalue weighted by molar-refractivity contribution is 5.97. The fourth-order valence-corrected chi connectivity index (χ4v) is 1.43. The van der Waals surface area contributed by atoms with Crippen molar-refractivity contribution in [1.82, 2.24) is 9.97 Å². The summed E-state index contributed by atoms with van der Waals surface area (Å²) >= 11 is 0. The number of halogens is 4. The van der Waals surface area contributed by atoms with Crippen LogP contribution in [0.25, 0.3) is 0 Å². The number of aromatic amines is 1. The van der Waals surface area contributed by atoms with E-state index in [1.165, 1.54) is 6.92 Å². The van der Waals surface area contributed by atoms with Gasteiger partial charge in [-0.2, -0.15) is 0 Å². The topological polar surface area (TPSA) is 89.1 Å².